The van der Waals surface area contributed by atoms with E-state index < -0.39 is 10.5 Å². The van der Waals surface area contributed by atoms with Crippen LogP contribution in [0, 0.1) is 24.0 Å². The van der Waals surface area contributed by atoms with Gasteiger partial charge in [-0.05, 0) is 19.9 Å². The lowest BCUT2D eigenvalue weighted by Crippen LogP contribution is -2.18. The summed E-state index contributed by atoms with van der Waals surface area (Å²) in [5.41, 5.74) is 0.476. The van der Waals surface area contributed by atoms with Crippen LogP contribution in [0.25, 0.3) is 5.65 Å². The number of nitro groups is 1. The molecule has 2 aromatic heterocycles. The topological polar surface area (TPSA) is 77.5 Å². The van der Waals surface area contributed by atoms with E-state index in [9.17, 15) is 14.9 Å². The summed E-state index contributed by atoms with van der Waals surface area (Å²) in [5.74, 6) is 0. The van der Waals surface area contributed by atoms with Crippen molar-refractivity contribution in [3.63, 3.8) is 0 Å². The molecule has 7 heteroatoms. The van der Waals surface area contributed by atoms with E-state index in [4.69, 9.17) is 11.6 Å². The van der Waals surface area contributed by atoms with Crippen molar-refractivity contribution >= 4 is 22.9 Å². The van der Waals surface area contributed by atoms with Gasteiger partial charge in [-0.25, -0.2) is 4.98 Å². The normalized spacial score (nSPS) is 10.8. The minimum atomic E-state index is -0.537. The van der Waals surface area contributed by atoms with Crippen LogP contribution in [0.15, 0.2) is 17.1 Å². The van der Waals surface area contributed by atoms with Gasteiger partial charge in [0.2, 0.25) is 0 Å². The lowest BCUT2D eigenvalue weighted by molar-refractivity contribution is -0.385. The third kappa shape index (κ3) is 1.76. The molecule has 0 bridgehead atoms. The van der Waals surface area contributed by atoms with Crippen LogP contribution in [0.3, 0.4) is 0 Å². The van der Waals surface area contributed by atoms with Gasteiger partial charge in [0, 0.05) is 5.56 Å². The van der Waals surface area contributed by atoms with Gasteiger partial charge < -0.3 is 0 Å². The average Bonchev–Trinajstić information content (AvgIpc) is 2.25. The van der Waals surface area contributed by atoms with Crippen molar-refractivity contribution in [1.29, 1.82) is 0 Å². The molecule has 88 valence electrons. The first kappa shape index (κ1) is 11.5. The van der Waals surface area contributed by atoms with Gasteiger partial charge in [0.05, 0.1) is 16.7 Å². The van der Waals surface area contributed by atoms with Gasteiger partial charge in [0.1, 0.15) is 10.8 Å². The van der Waals surface area contributed by atoms with Crippen LogP contribution < -0.4 is 5.56 Å². The maximum atomic E-state index is 11.9. The van der Waals surface area contributed by atoms with Gasteiger partial charge in [-0.15, -0.1) is 0 Å². The summed E-state index contributed by atoms with van der Waals surface area (Å²) in [4.78, 5) is 26.1. The number of fused-ring (bicyclic) bond motifs is 1. The Morgan fingerprint density at radius 1 is 1.47 bits per heavy atom. The van der Waals surface area contributed by atoms with Crippen molar-refractivity contribution in [3.05, 3.63) is 49.0 Å². The second kappa shape index (κ2) is 3.81. The molecular formula is C10H8ClN3O3. The summed E-state index contributed by atoms with van der Waals surface area (Å²) in [6, 6.07) is 1.46. The molecule has 0 aliphatic heterocycles. The van der Waals surface area contributed by atoms with Crippen molar-refractivity contribution in [2.24, 2.45) is 0 Å². The van der Waals surface area contributed by atoms with Crippen molar-refractivity contribution in [1.82, 2.24) is 9.38 Å². The number of hydrogen-bond acceptors (Lipinski definition) is 4. The molecular weight excluding hydrogens is 246 g/mol. The Morgan fingerprint density at radius 2 is 2.12 bits per heavy atom. The van der Waals surface area contributed by atoms with Crippen LogP contribution in [-0.4, -0.2) is 14.3 Å². The van der Waals surface area contributed by atoms with Crippen LogP contribution in [0.5, 0.6) is 0 Å². The lowest BCUT2D eigenvalue weighted by Gasteiger charge is -2.04. The summed E-state index contributed by atoms with van der Waals surface area (Å²) in [7, 11) is 0. The van der Waals surface area contributed by atoms with Crippen molar-refractivity contribution in [2.75, 3.05) is 0 Å². The molecule has 0 saturated carbocycles. The summed E-state index contributed by atoms with van der Waals surface area (Å²) >= 11 is 5.79. The Hall–Kier alpha value is -1.95. The van der Waals surface area contributed by atoms with Crippen LogP contribution in [0.1, 0.15) is 11.1 Å². The fourth-order valence-corrected chi connectivity index (χ4v) is 1.69. The third-order valence-electron chi connectivity index (χ3n) is 2.51. The summed E-state index contributed by atoms with van der Waals surface area (Å²) in [5, 5.41) is 10.9. The summed E-state index contributed by atoms with van der Waals surface area (Å²) < 4.78 is 1.13. The molecule has 0 aromatic carbocycles. The summed E-state index contributed by atoms with van der Waals surface area (Å²) in [6.07, 6.45) is 1.17. The van der Waals surface area contributed by atoms with Gasteiger partial charge in [-0.2, -0.15) is 0 Å². The molecule has 0 radical (unpaired) electrons. The van der Waals surface area contributed by atoms with Crippen LogP contribution in [0.4, 0.5) is 5.69 Å². The Bertz CT molecular complexity index is 693. The second-order valence-corrected chi connectivity index (χ2v) is 4.02. The predicted molar refractivity (Wildman–Crippen MR) is 62.6 cm³/mol. The quantitative estimate of drug-likeness (QED) is 0.442. The largest absolute Gasteiger partial charge is 0.289 e. The average molecular weight is 254 g/mol. The Morgan fingerprint density at radius 3 is 2.71 bits per heavy atom. The molecule has 0 unspecified atom stereocenters. The van der Waals surface area contributed by atoms with E-state index in [1.807, 2.05) is 0 Å². The van der Waals surface area contributed by atoms with Gasteiger partial charge in [0.25, 0.3) is 11.2 Å². The van der Waals surface area contributed by atoms with E-state index in [0.29, 0.717) is 11.2 Å². The Labute approximate surface area is 101 Å². The highest BCUT2D eigenvalue weighted by Crippen LogP contribution is 2.19. The first-order chi connectivity index (χ1) is 7.91. The minimum Gasteiger partial charge on any atom is -0.269 e. The molecule has 0 amide bonds. The second-order valence-electron chi connectivity index (χ2n) is 3.66. The minimum absolute atomic E-state index is 0.114. The smallest absolute Gasteiger partial charge is 0.269 e. The van der Waals surface area contributed by atoms with E-state index in [1.165, 1.54) is 19.2 Å². The van der Waals surface area contributed by atoms with Crippen LogP contribution in [0.2, 0.25) is 5.15 Å². The molecule has 0 saturated heterocycles. The van der Waals surface area contributed by atoms with E-state index >= 15 is 0 Å². The zero-order chi connectivity index (χ0) is 12.7. The zero-order valence-electron chi connectivity index (χ0n) is 9.10. The van der Waals surface area contributed by atoms with Gasteiger partial charge in [-0.1, -0.05) is 11.6 Å². The number of pyridine rings is 1. The van der Waals surface area contributed by atoms with Gasteiger partial charge in [-0.3, -0.25) is 19.3 Å². The Kier molecular flexibility index (Phi) is 2.59. The molecule has 0 aliphatic carbocycles. The molecule has 0 atom stereocenters. The van der Waals surface area contributed by atoms with Crippen molar-refractivity contribution < 1.29 is 4.92 Å². The zero-order valence-corrected chi connectivity index (χ0v) is 9.85. The van der Waals surface area contributed by atoms with Crippen LogP contribution in [-0.2, 0) is 0 Å². The molecule has 0 fully saturated rings. The van der Waals surface area contributed by atoms with Gasteiger partial charge >= 0.3 is 0 Å². The lowest BCUT2D eigenvalue weighted by atomic mass is 10.2. The van der Waals surface area contributed by atoms with Gasteiger partial charge in [0.15, 0.2) is 0 Å². The third-order valence-corrected chi connectivity index (χ3v) is 2.87. The number of aromatic nitrogens is 2. The number of hydrogen-bond donors (Lipinski definition) is 0. The van der Waals surface area contributed by atoms with E-state index in [0.717, 1.165) is 4.40 Å². The SMILES string of the molecule is Cc1cc2nc(Cl)c(C)c(=O)n2cc1[N+](=O)[O-]. The van der Waals surface area contributed by atoms with Crippen molar-refractivity contribution in [3.8, 4) is 0 Å². The Balaban J connectivity index is 2.95. The standard InChI is InChI=1S/C10H8ClN3O3/c1-5-3-8-12-9(11)6(2)10(15)13(8)4-7(5)14(16)17/h3-4H,1-2H3. The molecule has 0 spiro atoms. The van der Waals surface area contributed by atoms with Crippen molar-refractivity contribution in [2.45, 2.75) is 13.8 Å². The predicted octanol–water partition coefficient (Wildman–Crippen LogP) is 1.87. The number of nitrogens with zero attached hydrogens (tertiary/aromatic N) is 3. The van der Waals surface area contributed by atoms with E-state index in [2.05, 4.69) is 4.98 Å². The molecule has 0 N–H and O–H groups in total. The fraction of sp³-hybridized carbons (Fsp3) is 0.200. The highest BCUT2D eigenvalue weighted by Gasteiger charge is 2.15. The summed E-state index contributed by atoms with van der Waals surface area (Å²) in [6.45, 7) is 3.11. The first-order valence-electron chi connectivity index (χ1n) is 4.75. The maximum Gasteiger partial charge on any atom is 0.289 e. The number of halogens is 1. The van der Waals surface area contributed by atoms with E-state index in [1.54, 1.807) is 6.92 Å². The molecule has 17 heavy (non-hydrogen) atoms. The number of rotatable bonds is 1. The fourth-order valence-electron chi connectivity index (χ4n) is 1.52. The monoisotopic (exact) mass is 253 g/mol. The number of aryl methyl sites for hydroxylation is 1. The highest BCUT2D eigenvalue weighted by molar-refractivity contribution is 6.30. The molecule has 2 aromatic rings. The molecule has 2 rings (SSSR count). The maximum absolute atomic E-state index is 11.9. The molecule has 0 aliphatic rings. The van der Waals surface area contributed by atoms with Crippen LogP contribution >= 0.6 is 11.6 Å². The first-order valence-corrected chi connectivity index (χ1v) is 5.13. The van der Waals surface area contributed by atoms with E-state index in [-0.39, 0.29) is 16.4 Å². The molecule has 2 heterocycles. The highest BCUT2D eigenvalue weighted by atomic mass is 35.5. The molecule has 6 nitrogen and oxygen atoms in total.